The molecule has 2 aromatic carbocycles. The van der Waals surface area contributed by atoms with E-state index in [0.29, 0.717) is 29.0 Å². The number of methoxy groups -OCH3 is 2. The van der Waals surface area contributed by atoms with Crippen LogP contribution in [0.3, 0.4) is 0 Å². The minimum absolute atomic E-state index is 0.0687. The summed E-state index contributed by atoms with van der Waals surface area (Å²) in [6.07, 6.45) is 3.77. The van der Waals surface area contributed by atoms with Crippen LogP contribution < -0.4 is 15.0 Å². The van der Waals surface area contributed by atoms with E-state index in [1.165, 1.54) is 0 Å². The molecule has 1 heterocycles. The number of hydrogen-bond donors (Lipinski definition) is 0. The van der Waals surface area contributed by atoms with Crippen molar-refractivity contribution < 1.29 is 9.47 Å². The number of aromatic nitrogens is 2. The number of para-hydroxylation sites is 1. The predicted molar refractivity (Wildman–Crippen MR) is 100 cm³/mol. The van der Waals surface area contributed by atoms with Gasteiger partial charge in [-0.3, -0.25) is 9.36 Å². The molecule has 0 fully saturated rings. The smallest absolute Gasteiger partial charge is 0.261 e. The van der Waals surface area contributed by atoms with E-state index in [-0.39, 0.29) is 5.56 Å². The molecule has 128 valence electrons. The monoisotopic (exact) mass is 336 g/mol. The molecule has 0 bridgehead atoms. The summed E-state index contributed by atoms with van der Waals surface area (Å²) < 4.78 is 12.2. The third kappa shape index (κ3) is 3.26. The van der Waals surface area contributed by atoms with E-state index in [1.807, 2.05) is 49.4 Å². The van der Waals surface area contributed by atoms with E-state index in [1.54, 1.807) is 30.9 Å². The molecule has 1 aromatic heterocycles. The normalized spacial score (nSPS) is 11.2. The van der Waals surface area contributed by atoms with Crippen molar-refractivity contribution in [1.29, 1.82) is 0 Å². The fraction of sp³-hybridized carbons (Fsp3) is 0.200. The van der Waals surface area contributed by atoms with Crippen LogP contribution in [0.5, 0.6) is 11.5 Å². The second-order valence-corrected chi connectivity index (χ2v) is 5.48. The maximum absolute atomic E-state index is 12.8. The van der Waals surface area contributed by atoms with Gasteiger partial charge in [0.25, 0.3) is 5.56 Å². The first-order chi connectivity index (χ1) is 12.2. The standard InChI is InChI=1S/C20H20N2O3/c1-4-22-18(13-10-14-8-11-15(24-2)12-9-14)21-19-16(20(22)23)6-5-7-17(19)25-3/h5-13H,4H2,1-3H3/b13-10+. The highest BCUT2D eigenvalue weighted by Gasteiger charge is 2.11. The first-order valence-electron chi connectivity index (χ1n) is 8.07. The molecule has 0 aliphatic heterocycles. The van der Waals surface area contributed by atoms with Crippen molar-refractivity contribution in [2.75, 3.05) is 14.2 Å². The van der Waals surface area contributed by atoms with E-state index < -0.39 is 0 Å². The van der Waals surface area contributed by atoms with Gasteiger partial charge >= 0.3 is 0 Å². The third-order valence-corrected chi connectivity index (χ3v) is 4.05. The maximum Gasteiger partial charge on any atom is 0.261 e. The number of ether oxygens (including phenoxy) is 2. The number of nitrogens with zero attached hydrogens (tertiary/aromatic N) is 2. The van der Waals surface area contributed by atoms with Gasteiger partial charge in [0.1, 0.15) is 22.8 Å². The van der Waals surface area contributed by atoms with Crippen LogP contribution in [0, 0.1) is 0 Å². The Hall–Kier alpha value is -3.08. The van der Waals surface area contributed by atoms with Gasteiger partial charge in [-0.15, -0.1) is 0 Å². The van der Waals surface area contributed by atoms with Crippen molar-refractivity contribution in [1.82, 2.24) is 9.55 Å². The molecular weight excluding hydrogens is 316 g/mol. The van der Waals surface area contributed by atoms with Crippen molar-refractivity contribution in [3.8, 4) is 11.5 Å². The summed E-state index contributed by atoms with van der Waals surface area (Å²) in [5.74, 6) is 1.99. The van der Waals surface area contributed by atoms with Crippen LogP contribution in [0.15, 0.2) is 47.3 Å². The minimum Gasteiger partial charge on any atom is -0.497 e. The molecule has 5 heteroatoms. The van der Waals surface area contributed by atoms with Crippen LogP contribution in [0.1, 0.15) is 18.3 Å². The first kappa shape index (κ1) is 16.8. The Bertz CT molecular complexity index is 973. The van der Waals surface area contributed by atoms with E-state index in [4.69, 9.17) is 9.47 Å². The molecule has 0 aliphatic carbocycles. The molecule has 0 N–H and O–H groups in total. The number of fused-ring (bicyclic) bond motifs is 1. The Balaban J connectivity index is 2.10. The number of rotatable bonds is 5. The predicted octanol–water partition coefficient (Wildman–Crippen LogP) is 3.60. The second-order valence-electron chi connectivity index (χ2n) is 5.48. The Morgan fingerprint density at radius 2 is 1.80 bits per heavy atom. The Morgan fingerprint density at radius 1 is 1.04 bits per heavy atom. The summed E-state index contributed by atoms with van der Waals surface area (Å²) in [4.78, 5) is 17.4. The zero-order valence-electron chi connectivity index (χ0n) is 14.5. The highest BCUT2D eigenvalue weighted by atomic mass is 16.5. The summed E-state index contributed by atoms with van der Waals surface area (Å²) in [6.45, 7) is 2.47. The van der Waals surface area contributed by atoms with Gasteiger partial charge in [-0.05, 0) is 42.8 Å². The SMILES string of the molecule is CCn1c(/C=C/c2ccc(OC)cc2)nc2c(OC)cccc2c1=O. The Kier molecular flexibility index (Phi) is 4.84. The van der Waals surface area contributed by atoms with Crippen molar-refractivity contribution in [3.05, 3.63) is 64.2 Å². The molecule has 0 radical (unpaired) electrons. The highest BCUT2D eigenvalue weighted by molar-refractivity contribution is 5.85. The zero-order chi connectivity index (χ0) is 17.8. The molecule has 0 saturated carbocycles. The van der Waals surface area contributed by atoms with Crippen LogP contribution in [0.4, 0.5) is 0 Å². The Labute approximate surface area is 146 Å². The number of benzene rings is 2. The summed E-state index contributed by atoms with van der Waals surface area (Å²) in [5, 5.41) is 0.558. The van der Waals surface area contributed by atoms with Crippen LogP contribution in [0.2, 0.25) is 0 Å². The van der Waals surface area contributed by atoms with E-state index in [0.717, 1.165) is 11.3 Å². The van der Waals surface area contributed by atoms with Crippen LogP contribution >= 0.6 is 0 Å². The third-order valence-electron chi connectivity index (χ3n) is 4.05. The molecule has 0 unspecified atom stereocenters. The zero-order valence-corrected chi connectivity index (χ0v) is 14.5. The molecule has 3 rings (SSSR count). The van der Waals surface area contributed by atoms with Gasteiger partial charge < -0.3 is 9.47 Å². The van der Waals surface area contributed by atoms with Gasteiger partial charge in [0.05, 0.1) is 19.6 Å². The average molecular weight is 336 g/mol. The van der Waals surface area contributed by atoms with Gasteiger partial charge in [-0.2, -0.15) is 0 Å². The summed E-state index contributed by atoms with van der Waals surface area (Å²) in [7, 11) is 3.21. The lowest BCUT2D eigenvalue weighted by molar-refractivity contribution is 0.415. The van der Waals surface area contributed by atoms with Gasteiger partial charge in [0.15, 0.2) is 0 Å². The van der Waals surface area contributed by atoms with Crippen molar-refractivity contribution in [2.24, 2.45) is 0 Å². The fourth-order valence-electron chi connectivity index (χ4n) is 2.72. The lowest BCUT2D eigenvalue weighted by Crippen LogP contribution is -2.23. The largest absolute Gasteiger partial charge is 0.497 e. The van der Waals surface area contributed by atoms with Gasteiger partial charge in [-0.25, -0.2) is 4.98 Å². The molecule has 25 heavy (non-hydrogen) atoms. The molecule has 0 atom stereocenters. The topological polar surface area (TPSA) is 53.4 Å². The average Bonchev–Trinajstić information content (AvgIpc) is 2.66. The van der Waals surface area contributed by atoms with Gasteiger partial charge in [0, 0.05) is 6.54 Å². The molecule has 0 amide bonds. The highest BCUT2D eigenvalue weighted by Crippen LogP contribution is 2.22. The molecule has 3 aromatic rings. The first-order valence-corrected chi connectivity index (χ1v) is 8.07. The van der Waals surface area contributed by atoms with Crippen LogP contribution in [0.25, 0.3) is 23.1 Å². The second kappa shape index (κ2) is 7.21. The summed E-state index contributed by atoms with van der Waals surface area (Å²) in [5.41, 5.74) is 1.51. The van der Waals surface area contributed by atoms with Crippen LogP contribution in [-0.2, 0) is 6.54 Å². The lowest BCUT2D eigenvalue weighted by atomic mass is 10.2. The van der Waals surface area contributed by atoms with E-state index in [9.17, 15) is 4.79 Å². The van der Waals surface area contributed by atoms with Gasteiger partial charge in [-0.1, -0.05) is 24.3 Å². The summed E-state index contributed by atoms with van der Waals surface area (Å²) in [6, 6.07) is 13.1. The Morgan fingerprint density at radius 3 is 2.44 bits per heavy atom. The van der Waals surface area contributed by atoms with E-state index in [2.05, 4.69) is 4.98 Å². The minimum atomic E-state index is -0.0687. The number of hydrogen-bond acceptors (Lipinski definition) is 4. The van der Waals surface area contributed by atoms with Crippen molar-refractivity contribution in [2.45, 2.75) is 13.5 Å². The van der Waals surface area contributed by atoms with Crippen LogP contribution in [-0.4, -0.2) is 23.8 Å². The van der Waals surface area contributed by atoms with Crippen molar-refractivity contribution in [3.63, 3.8) is 0 Å². The molecule has 0 aliphatic rings. The fourth-order valence-corrected chi connectivity index (χ4v) is 2.72. The van der Waals surface area contributed by atoms with Gasteiger partial charge in [0.2, 0.25) is 0 Å². The maximum atomic E-state index is 12.8. The summed E-state index contributed by atoms with van der Waals surface area (Å²) >= 11 is 0. The lowest BCUT2D eigenvalue weighted by Gasteiger charge is -2.11. The quantitative estimate of drug-likeness (QED) is 0.714. The molecular formula is C20H20N2O3. The molecule has 5 nitrogen and oxygen atoms in total. The molecule has 0 saturated heterocycles. The van der Waals surface area contributed by atoms with E-state index >= 15 is 0 Å². The molecule has 0 spiro atoms. The van der Waals surface area contributed by atoms with Crippen molar-refractivity contribution >= 4 is 23.1 Å².